The average Bonchev–Trinajstić information content (AvgIpc) is 2.03. The van der Waals surface area contributed by atoms with Gasteiger partial charge in [-0.1, -0.05) is 0 Å². The largest absolute Gasteiger partial charge is 0.508 e. The van der Waals surface area contributed by atoms with Crippen molar-refractivity contribution in [2.24, 2.45) is 10.9 Å². The van der Waals surface area contributed by atoms with Crippen molar-refractivity contribution < 1.29 is 10.0 Å². The summed E-state index contributed by atoms with van der Waals surface area (Å²) < 4.78 is 0. The Balaban J connectivity index is 3.18. The number of hydrogen-bond acceptors (Lipinski definition) is 5. The van der Waals surface area contributed by atoms with Crippen molar-refractivity contribution >= 4 is 11.9 Å². The molecule has 0 aliphatic carbocycles. The number of nitro groups is 1. The lowest BCUT2D eigenvalue weighted by atomic mass is 10.2. The van der Waals surface area contributed by atoms with Crippen LogP contribution < -0.4 is 5.84 Å². The highest BCUT2D eigenvalue weighted by Crippen LogP contribution is 2.20. The highest BCUT2D eigenvalue weighted by Gasteiger charge is 2.07. The van der Waals surface area contributed by atoms with E-state index >= 15 is 0 Å². The van der Waals surface area contributed by atoms with E-state index in [0.717, 1.165) is 6.07 Å². The molecular formula is C7H7N3O3. The number of nitrogens with zero attached hydrogens (tertiary/aromatic N) is 2. The van der Waals surface area contributed by atoms with E-state index in [0.29, 0.717) is 5.56 Å². The Morgan fingerprint density at radius 3 is 2.77 bits per heavy atom. The molecule has 13 heavy (non-hydrogen) atoms. The predicted molar refractivity (Wildman–Crippen MR) is 46.5 cm³/mol. The number of benzene rings is 1. The topological polar surface area (TPSA) is 102 Å². The van der Waals surface area contributed by atoms with Gasteiger partial charge in [0.2, 0.25) is 0 Å². The molecule has 0 aromatic heterocycles. The van der Waals surface area contributed by atoms with Gasteiger partial charge in [0.25, 0.3) is 5.69 Å². The number of rotatable bonds is 2. The van der Waals surface area contributed by atoms with Crippen molar-refractivity contribution in [2.45, 2.75) is 0 Å². The molecule has 0 heterocycles. The summed E-state index contributed by atoms with van der Waals surface area (Å²) in [6, 6.07) is 3.63. The van der Waals surface area contributed by atoms with Gasteiger partial charge < -0.3 is 10.9 Å². The number of phenols is 1. The second-order valence-corrected chi connectivity index (χ2v) is 2.32. The van der Waals surface area contributed by atoms with Crippen molar-refractivity contribution in [1.29, 1.82) is 0 Å². The maximum atomic E-state index is 10.3. The first-order valence-corrected chi connectivity index (χ1v) is 3.35. The van der Waals surface area contributed by atoms with E-state index in [-0.39, 0.29) is 11.4 Å². The van der Waals surface area contributed by atoms with Crippen LogP contribution in [0.5, 0.6) is 5.75 Å². The molecule has 3 N–H and O–H groups in total. The van der Waals surface area contributed by atoms with Crippen LogP contribution in [-0.2, 0) is 0 Å². The quantitative estimate of drug-likeness (QED) is 0.301. The molecule has 1 rings (SSSR count). The summed E-state index contributed by atoms with van der Waals surface area (Å²) in [7, 11) is 0. The highest BCUT2D eigenvalue weighted by atomic mass is 16.6. The Kier molecular flexibility index (Phi) is 2.44. The normalized spacial score (nSPS) is 10.5. The Bertz CT molecular complexity index is 362. The molecule has 0 aliphatic rings. The van der Waals surface area contributed by atoms with Crippen LogP contribution in [0.1, 0.15) is 5.56 Å². The summed E-state index contributed by atoms with van der Waals surface area (Å²) in [5.41, 5.74) is 0.184. The van der Waals surface area contributed by atoms with E-state index in [1.165, 1.54) is 18.3 Å². The minimum absolute atomic E-state index is 0.191. The number of hydrogen-bond donors (Lipinski definition) is 2. The fourth-order valence-corrected chi connectivity index (χ4v) is 0.884. The van der Waals surface area contributed by atoms with Gasteiger partial charge in [-0.3, -0.25) is 10.1 Å². The summed E-state index contributed by atoms with van der Waals surface area (Å²) in [5, 5.41) is 22.6. The van der Waals surface area contributed by atoms with Crippen molar-refractivity contribution in [3.05, 3.63) is 33.9 Å². The lowest BCUT2D eigenvalue weighted by molar-refractivity contribution is -0.384. The summed E-state index contributed by atoms with van der Waals surface area (Å²) in [6.45, 7) is 0. The van der Waals surface area contributed by atoms with Gasteiger partial charge in [-0.2, -0.15) is 5.10 Å². The minimum atomic E-state index is -0.604. The lowest BCUT2D eigenvalue weighted by Crippen LogP contribution is -1.91. The second-order valence-electron chi connectivity index (χ2n) is 2.32. The predicted octanol–water partition coefficient (Wildman–Crippen LogP) is 0.593. The maximum Gasteiger partial charge on any atom is 0.273 e. The standard InChI is InChI=1S/C7H7N3O3/c8-9-4-5-1-6(10(12)13)3-7(11)2-5/h1-4,11H,8H2. The molecular weight excluding hydrogens is 174 g/mol. The van der Waals surface area contributed by atoms with Crippen LogP contribution in [0.3, 0.4) is 0 Å². The van der Waals surface area contributed by atoms with Crippen LogP contribution in [0, 0.1) is 10.1 Å². The van der Waals surface area contributed by atoms with Crippen LogP contribution in [0.25, 0.3) is 0 Å². The molecule has 0 saturated carbocycles. The first-order valence-electron chi connectivity index (χ1n) is 3.35. The summed E-state index contributed by atoms with van der Waals surface area (Å²) in [4.78, 5) is 9.72. The molecule has 0 atom stereocenters. The first kappa shape index (κ1) is 8.98. The number of phenolic OH excluding ortho intramolecular Hbond substituents is 1. The molecule has 0 spiro atoms. The molecule has 1 aromatic rings. The monoisotopic (exact) mass is 181 g/mol. The van der Waals surface area contributed by atoms with Crippen LogP contribution in [0.15, 0.2) is 23.3 Å². The number of nitrogens with two attached hydrogens (primary N) is 1. The number of nitro benzene ring substituents is 1. The third-order valence-electron chi connectivity index (χ3n) is 1.36. The SMILES string of the molecule is NN=Cc1cc(O)cc([N+](=O)[O-])c1. The Hall–Kier alpha value is -2.11. The van der Waals surface area contributed by atoms with Gasteiger partial charge in [-0.25, -0.2) is 0 Å². The summed E-state index contributed by atoms with van der Waals surface area (Å²) in [5.74, 6) is 4.66. The highest BCUT2D eigenvalue weighted by molar-refractivity contribution is 5.81. The van der Waals surface area contributed by atoms with E-state index in [2.05, 4.69) is 5.10 Å². The van der Waals surface area contributed by atoms with Crippen molar-refractivity contribution in [3.63, 3.8) is 0 Å². The van der Waals surface area contributed by atoms with E-state index in [1.54, 1.807) is 0 Å². The Morgan fingerprint density at radius 1 is 1.54 bits per heavy atom. The van der Waals surface area contributed by atoms with Gasteiger partial charge in [-0.05, 0) is 6.07 Å². The second kappa shape index (κ2) is 3.53. The molecule has 0 aliphatic heterocycles. The first-order chi connectivity index (χ1) is 6.13. The fourth-order valence-electron chi connectivity index (χ4n) is 0.884. The van der Waals surface area contributed by atoms with Crippen LogP contribution >= 0.6 is 0 Å². The van der Waals surface area contributed by atoms with E-state index in [4.69, 9.17) is 10.9 Å². The summed E-state index contributed by atoms with van der Waals surface area (Å²) >= 11 is 0. The fraction of sp³-hybridized carbons (Fsp3) is 0. The molecule has 6 heteroatoms. The van der Waals surface area contributed by atoms with Crippen molar-refractivity contribution in [2.75, 3.05) is 0 Å². The Morgan fingerprint density at radius 2 is 2.23 bits per heavy atom. The molecule has 0 saturated heterocycles. The zero-order valence-corrected chi connectivity index (χ0v) is 6.54. The number of non-ortho nitro benzene ring substituents is 1. The van der Waals surface area contributed by atoms with Crippen molar-refractivity contribution in [3.8, 4) is 5.75 Å². The third-order valence-corrected chi connectivity index (χ3v) is 1.36. The van der Waals surface area contributed by atoms with Gasteiger partial charge in [0.15, 0.2) is 0 Å². The molecule has 0 bridgehead atoms. The van der Waals surface area contributed by atoms with Gasteiger partial charge >= 0.3 is 0 Å². The van der Waals surface area contributed by atoms with E-state index in [1.807, 2.05) is 0 Å². The van der Waals surface area contributed by atoms with Crippen LogP contribution in [-0.4, -0.2) is 16.2 Å². The average molecular weight is 181 g/mol. The molecule has 0 unspecified atom stereocenters. The minimum Gasteiger partial charge on any atom is -0.508 e. The molecule has 0 radical (unpaired) electrons. The smallest absolute Gasteiger partial charge is 0.273 e. The zero-order valence-electron chi connectivity index (χ0n) is 6.54. The summed E-state index contributed by atoms with van der Waals surface area (Å²) in [6.07, 6.45) is 1.22. The number of aromatic hydroxyl groups is 1. The van der Waals surface area contributed by atoms with Gasteiger partial charge in [0.05, 0.1) is 17.2 Å². The molecule has 0 fully saturated rings. The number of hydrazone groups is 1. The van der Waals surface area contributed by atoms with Gasteiger partial charge in [0, 0.05) is 11.6 Å². The van der Waals surface area contributed by atoms with Gasteiger partial charge in [-0.15, -0.1) is 0 Å². The van der Waals surface area contributed by atoms with Gasteiger partial charge in [0.1, 0.15) is 5.75 Å². The maximum absolute atomic E-state index is 10.3. The van der Waals surface area contributed by atoms with Crippen molar-refractivity contribution in [1.82, 2.24) is 0 Å². The zero-order chi connectivity index (χ0) is 9.84. The van der Waals surface area contributed by atoms with E-state index < -0.39 is 4.92 Å². The lowest BCUT2D eigenvalue weighted by Gasteiger charge is -1.95. The third kappa shape index (κ3) is 2.16. The van der Waals surface area contributed by atoms with Crippen LogP contribution in [0.4, 0.5) is 5.69 Å². The molecule has 0 amide bonds. The Labute approximate surface area is 73.4 Å². The molecule has 6 nitrogen and oxygen atoms in total. The van der Waals surface area contributed by atoms with E-state index in [9.17, 15) is 10.1 Å². The molecule has 1 aromatic carbocycles. The molecule has 68 valence electrons. The van der Waals surface area contributed by atoms with Crippen LogP contribution in [0.2, 0.25) is 0 Å².